The molecule has 0 saturated heterocycles. The van der Waals surface area contributed by atoms with Gasteiger partial charge in [-0.2, -0.15) is 0 Å². The maximum absolute atomic E-state index is 9.04. The Hall–Kier alpha value is 1.61. The predicted octanol–water partition coefficient (Wildman–Crippen LogP) is -7.92. The van der Waals surface area contributed by atoms with Crippen LogP contribution < -0.4 is 108 Å². The third kappa shape index (κ3) is 34.1. The third-order valence-corrected chi connectivity index (χ3v) is 0.175. The van der Waals surface area contributed by atoms with Crippen molar-refractivity contribution in [3.63, 3.8) is 0 Å². The standard InChI is InChI=1S/C2H2O4.2K.HNO2/c3-1(4)2(5)6;;;2-1-3/h(H,3,4)(H,5,6);;;(H,2,3)/q;2*+1;/p-2. The number of carbonyl (C=O) groups excluding carboxylic acids is 1. The van der Waals surface area contributed by atoms with Crippen LogP contribution in [0, 0.1) is 10.1 Å². The van der Waals surface area contributed by atoms with Gasteiger partial charge in [0, 0.05) is 0 Å². The molecule has 1 N–H and O–H groups in total. The summed E-state index contributed by atoms with van der Waals surface area (Å²) in [5.41, 5.74) is 0. The Morgan fingerprint density at radius 3 is 1.36 bits per heavy atom. The van der Waals surface area contributed by atoms with Crippen LogP contribution >= 0.6 is 0 Å². The summed E-state index contributed by atoms with van der Waals surface area (Å²) in [5, 5.41) is 25.3. The van der Waals surface area contributed by atoms with Crippen LogP contribution in [0.25, 0.3) is 0 Å². The molecule has 0 aliphatic rings. The molecule has 0 bridgehead atoms. The monoisotopic (exact) mass is 213 g/mol. The topological polar surface area (TPSA) is 130 Å². The minimum Gasteiger partial charge on any atom is -0.539 e. The molecule has 0 spiro atoms. The molecule has 0 rings (SSSR count). The molecule has 0 saturated carbocycles. The molecular formula is C2HK2NO6. The van der Waals surface area contributed by atoms with E-state index in [0.29, 0.717) is 0 Å². The minimum absolute atomic E-state index is 0. The molecule has 0 aliphatic heterocycles. The zero-order valence-corrected chi connectivity index (χ0v) is 12.2. The summed E-state index contributed by atoms with van der Waals surface area (Å²) in [4.78, 5) is 26.0. The molecule has 11 heavy (non-hydrogen) atoms. The summed E-state index contributed by atoms with van der Waals surface area (Å²) in [5.74, 6) is -4.01. The number of nitrogens with zero attached hydrogens (tertiary/aromatic N) is 1. The number of rotatable bonds is 0. The second kappa shape index (κ2) is 17.6. The van der Waals surface area contributed by atoms with Gasteiger partial charge in [-0.3, -0.25) is 0 Å². The van der Waals surface area contributed by atoms with E-state index in [4.69, 9.17) is 29.9 Å². The fraction of sp³-hybridized carbons (Fsp3) is 0. The number of aliphatic carboxylic acids is 2. The van der Waals surface area contributed by atoms with E-state index >= 15 is 0 Å². The van der Waals surface area contributed by atoms with Gasteiger partial charge in [0.2, 0.25) is 0 Å². The Balaban J connectivity index is -0.0000000437. The zero-order chi connectivity index (χ0) is 7.86. The fourth-order valence-electron chi connectivity index (χ4n) is 0. The molecule has 0 aliphatic carbocycles. The van der Waals surface area contributed by atoms with Gasteiger partial charge >= 0.3 is 109 Å². The average Bonchev–Trinajstić information content (AvgIpc) is 1.68. The summed E-state index contributed by atoms with van der Waals surface area (Å²) in [6.45, 7) is 0. The van der Waals surface area contributed by atoms with Crippen molar-refractivity contribution >= 4 is 11.9 Å². The van der Waals surface area contributed by atoms with Gasteiger partial charge in [0.1, 0.15) is 0 Å². The van der Waals surface area contributed by atoms with Crippen LogP contribution in [-0.2, 0) is 9.59 Å². The van der Waals surface area contributed by atoms with Gasteiger partial charge in [-0.15, -0.1) is 5.34 Å². The smallest absolute Gasteiger partial charge is 0.539 e. The second-order valence-electron chi connectivity index (χ2n) is 0.667. The maximum Gasteiger partial charge on any atom is 1.00 e. The van der Waals surface area contributed by atoms with Gasteiger partial charge in [-0.05, 0) is 0 Å². The first-order valence-corrected chi connectivity index (χ1v) is 1.45. The number of hydrogen-bond acceptors (Lipinski definition) is 6. The molecule has 0 aromatic carbocycles. The Kier molecular flexibility index (Phi) is 36.8. The molecule has 0 atom stereocenters. The van der Waals surface area contributed by atoms with Gasteiger partial charge in [-0.25, -0.2) is 4.79 Å². The summed E-state index contributed by atoms with van der Waals surface area (Å²) < 4.78 is 0. The Bertz CT molecular complexity index is 114. The molecular weight excluding hydrogens is 212 g/mol. The quantitative estimate of drug-likeness (QED) is 0.184. The molecule has 0 radical (unpaired) electrons. The van der Waals surface area contributed by atoms with E-state index in [2.05, 4.69) is 0 Å². The summed E-state index contributed by atoms with van der Waals surface area (Å²) >= 11 is 0. The van der Waals surface area contributed by atoms with Crippen LogP contribution in [-0.4, -0.2) is 17.0 Å². The Morgan fingerprint density at radius 1 is 1.27 bits per heavy atom. The van der Waals surface area contributed by atoms with Crippen LogP contribution in [0.5, 0.6) is 0 Å². The Morgan fingerprint density at radius 2 is 1.36 bits per heavy atom. The third-order valence-electron chi connectivity index (χ3n) is 0.175. The van der Waals surface area contributed by atoms with Gasteiger partial charge in [0.15, 0.2) is 5.97 Å². The van der Waals surface area contributed by atoms with Crippen LogP contribution in [0.15, 0.2) is 5.34 Å². The van der Waals surface area contributed by atoms with Crippen molar-refractivity contribution in [2.75, 3.05) is 0 Å². The van der Waals surface area contributed by atoms with Gasteiger partial charge < -0.3 is 25.1 Å². The first kappa shape index (κ1) is 22.9. The molecule has 0 fully saturated rings. The second-order valence-corrected chi connectivity index (χ2v) is 0.667. The number of carbonyl (C=O) groups is 2. The van der Waals surface area contributed by atoms with Crippen molar-refractivity contribution in [3.8, 4) is 0 Å². The van der Waals surface area contributed by atoms with Crippen molar-refractivity contribution in [2.24, 2.45) is 5.34 Å². The normalized spacial score (nSPS) is 5.09. The van der Waals surface area contributed by atoms with Crippen LogP contribution in [0.2, 0.25) is 0 Å². The summed E-state index contributed by atoms with van der Waals surface area (Å²) in [7, 11) is 0. The van der Waals surface area contributed by atoms with E-state index in [-0.39, 0.29) is 103 Å². The van der Waals surface area contributed by atoms with Crippen LogP contribution in [0.1, 0.15) is 0 Å². The van der Waals surface area contributed by atoms with Gasteiger partial charge in [0.25, 0.3) is 0 Å². The molecule has 0 heterocycles. The van der Waals surface area contributed by atoms with Gasteiger partial charge in [0.05, 0.1) is 0 Å². The van der Waals surface area contributed by atoms with Gasteiger partial charge in [-0.1, -0.05) is 0 Å². The fourth-order valence-corrected chi connectivity index (χ4v) is 0. The molecule has 52 valence electrons. The summed E-state index contributed by atoms with van der Waals surface area (Å²) in [6.07, 6.45) is 0. The molecule has 0 amide bonds. The van der Waals surface area contributed by atoms with Crippen LogP contribution in [0.3, 0.4) is 0 Å². The number of hydrogen-bond donors (Lipinski definition) is 1. The maximum atomic E-state index is 9.04. The van der Waals surface area contributed by atoms with Crippen molar-refractivity contribution in [2.45, 2.75) is 0 Å². The van der Waals surface area contributed by atoms with Crippen LogP contribution in [0.4, 0.5) is 0 Å². The van der Waals surface area contributed by atoms with Crippen molar-refractivity contribution in [3.05, 3.63) is 10.1 Å². The van der Waals surface area contributed by atoms with E-state index in [0.717, 1.165) is 5.34 Å². The molecule has 7 nitrogen and oxygen atoms in total. The first-order valence-electron chi connectivity index (χ1n) is 1.45. The average molecular weight is 213 g/mol. The molecule has 0 unspecified atom stereocenters. The molecule has 0 aromatic rings. The van der Waals surface area contributed by atoms with E-state index in [9.17, 15) is 0 Å². The SMILES string of the molecule is O=C([O-])C(=O)O.O=N[O-].[K+].[K+]. The van der Waals surface area contributed by atoms with Crippen molar-refractivity contribution in [1.29, 1.82) is 0 Å². The largest absolute Gasteiger partial charge is 1.00 e. The molecule has 9 heteroatoms. The number of carboxylic acids is 2. The first-order chi connectivity index (χ1) is 4.06. The van der Waals surface area contributed by atoms with Crippen molar-refractivity contribution < 1.29 is 123 Å². The Labute approximate surface area is 146 Å². The predicted molar refractivity (Wildman–Crippen MR) is 21.8 cm³/mol. The number of carboxylic acid groups (broad SMARTS) is 2. The van der Waals surface area contributed by atoms with E-state index < -0.39 is 11.9 Å². The van der Waals surface area contributed by atoms with E-state index in [1.165, 1.54) is 0 Å². The molecule has 0 aromatic heterocycles. The zero-order valence-electron chi connectivity index (χ0n) is 5.94. The van der Waals surface area contributed by atoms with E-state index in [1.807, 2.05) is 0 Å². The van der Waals surface area contributed by atoms with E-state index in [1.54, 1.807) is 0 Å². The summed E-state index contributed by atoms with van der Waals surface area (Å²) in [6, 6.07) is 0. The minimum atomic E-state index is -2.07. The van der Waals surface area contributed by atoms with Crippen molar-refractivity contribution in [1.82, 2.24) is 0 Å².